The predicted molar refractivity (Wildman–Crippen MR) is 96.3 cm³/mol. The van der Waals surface area contributed by atoms with Gasteiger partial charge in [-0.15, -0.1) is 0 Å². The van der Waals surface area contributed by atoms with Gasteiger partial charge in [0.25, 0.3) is 5.91 Å². The minimum absolute atomic E-state index is 0.00483. The number of alkyl halides is 2. The highest BCUT2D eigenvalue weighted by molar-refractivity contribution is 5.94. The topological polar surface area (TPSA) is 60.5 Å². The maximum Gasteiger partial charge on any atom is 0.387 e. The molecule has 5 nitrogen and oxygen atoms in total. The van der Waals surface area contributed by atoms with Crippen LogP contribution in [0.3, 0.4) is 0 Å². The Balaban J connectivity index is 1.81. The zero-order chi connectivity index (χ0) is 19.3. The first-order valence-electron chi connectivity index (χ1n) is 8.86. The van der Waals surface area contributed by atoms with Gasteiger partial charge in [0.2, 0.25) is 0 Å². The molecule has 0 spiro atoms. The number of ether oxygens (including phenoxy) is 2. The van der Waals surface area contributed by atoms with Crippen molar-refractivity contribution < 1.29 is 23.0 Å². The fraction of sp³-hybridized carbons (Fsp3) is 0.400. The van der Waals surface area contributed by atoms with Gasteiger partial charge in [0.1, 0.15) is 0 Å². The number of hydrogen-bond acceptors (Lipinski definition) is 4. The smallest absolute Gasteiger partial charge is 0.387 e. The molecule has 0 unspecified atom stereocenters. The van der Waals surface area contributed by atoms with E-state index in [0.717, 1.165) is 31.2 Å². The zero-order valence-electron chi connectivity index (χ0n) is 15.1. The molecule has 0 atom stereocenters. The van der Waals surface area contributed by atoms with Crippen molar-refractivity contribution in [1.82, 2.24) is 10.3 Å². The van der Waals surface area contributed by atoms with Crippen LogP contribution in [0.25, 0.3) is 0 Å². The van der Waals surface area contributed by atoms with Crippen molar-refractivity contribution in [2.24, 2.45) is 0 Å². The van der Waals surface area contributed by atoms with E-state index in [0.29, 0.717) is 12.1 Å². The zero-order valence-corrected chi connectivity index (χ0v) is 15.1. The molecule has 27 heavy (non-hydrogen) atoms. The lowest BCUT2D eigenvalue weighted by Crippen LogP contribution is -2.39. The number of carbonyl (C=O) groups excluding carboxylic acids is 1. The van der Waals surface area contributed by atoms with Gasteiger partial charge in [0, 0.05) is 29.9 Å². The van der Waals surface area contributed by atoms with Crippen LogP contribution in [0, 0.1) is 0 Å². The quantitative estimate of drug-likeness (QED) is 0.795. The summed E-state index contributed by atoms with van der Waals surface area (Å²) in [5.74, 6) is 0.109. The minimum atomic E-state index is -2.91. The Hall–Kier alpha value is -2.70. The largest absolute Gasteiger partial charge is 0.493 e. The average Bonchev–Trinajstić information content (AvgIpc) is 3.17. The molecular weight excluding hydrogens is 354 g/mol. The third-order valence-corrected chi connectivity index (χ3v) is 5.08. The van der Waals surface area contributed by atoms with E-state index in [1.54, 1.807) is 36.7 Å². The molecule has 1 N–H and O–H groups in total. The Morgan fingerprint density at radius 1 is 1.19 bits per heavy atom. The van der Waals surface area contributed by atoms with Gasteiger partial charge < -0.3 is 14.8 Å². The Kier molecular flexibility index (Phi) is 5.88. The lowest BCUT2D eigenvalue weighted by atomic mass is 9.78. The van der Waals surface area contributed by atoms with E-state index in [1.165, 1.54) is 13.2 Å². The monoisotopic (exact) mass is 376 g/mol. The summed E-state index contributed by atoms with van der Waals surface area (Å²) < 4.78 is 34.9. The first kappa shape index (κ1) is 19.1. The number of hydrogen-bond donors (Lipinski definition) is 1. The summed E-state index contributed by atoms with van der Waals surface area (Å²) >= 11 is 0. The minimum Gasteiger partial charge on any atom is -0.493 e. The van der Waals surface area contributed by atoms with Crippen LogP contribution in [0.15, 0.2) is 42.7 Å². The third kappa shape index (κ3) is 4.35. The molecule has 2 aromatic rings. The lowest BCUT2D eigenvalue weighted by Gasteiger charge is -2.30. The highest BCUT2D eigenvalue weighted by Gasteiger charge is 2.36. The number of methoxy groups -OCH3 is 1. The van der Waals surface area contributed by atoms with E-state index in [4.69, 9.17) is 4.74 Å². The van der Waals surface area contributed by atoms with Crippen molar-refractivity contribution in [1.29, 1.82) is 0 Å². The van der Waals surface area contributed by atoms with E-state index in [-0.39, 0.29) is 22.8 Å². The normalized spacial score (nSPS) is 15.6. The fourth-order valence-corrected chi connectivity index (χ4v) is 3.66. The molecule has 1 aliphatic carbocycles. The van der Waals surface area contributed by atoms with Crippen molar-refractivity contribution in [3.63, 3.8) is 0 Å². The van der Waals surface area contributed by atoms with Crippen molar-refractivity contribution in [2.45, 2.75) is 37.7 Å². The number of benzene rings is 1. The summed E-state index contributed by atoms with van der Waals surface area (Å²) in [6, 6.07) is 8.35. The molecule has 0 saturated heterocycles. The second kappa shape index (κ2) is 8.33. The molecule has 3 rings (SSSR count). The van der Waals surface area contributed by atoms with Crippen LogP contribution in [0.1, 0.15) is 41.6 Å². The third-order valence-electron chi connectivity index (χ3n) is 5.08. The Bertz CT molecular complexity index is 778. The van der Waals surface area contributed by atoms with Gasteiger partial charge in [-0.25, -0.2) is 0 Å². The fourth-order valence-electron chi connectivity index (χ4n) is 3.66. The molecular formula is C20H22F2N2O3. The summed E-state index contributed by atoms with van der Waals surface area (Å²) in [5, 5.41) is 3.01. The molecule has 1 amide bonds. The maximum atomic E-state index is 12.6. The average molecular weight is 376 g/mol. The Morgan fingerprint density at radius 2 is 1.89 bits per heavy atom. The Labute approximate surface area is 156 Å². The molecule has 1 aliphatic rings. The van der Waals surface area contributed by atoms with Gasteiger partial charge >= 0.3 is 6.61 Å². The van der Waals surface area contributed by atoms with Crippen LogP contribution in [0.2, 0.25) is 0 Å². The van der Waals surface area contributed by atoms with E-state index in [1.807, 2.05) is 0 Å². The van der Waals surface area contributed by atoms with Crippen molar-refractivity contribution in [3.05, 3.63) is 53.9 Å². The van der Waals surface area contributed by atoms with Gasteiger partial charge in [0.05, 0.1) is 7.11 Å². The van der Waals surface area contributed by atoms with Gasteiger partial charge in [-0.1, -0.05) is 18.9 Å². The van der Waals surface area contributed by atoms with Crippen molar-refractivity contribution >= 4 is 5.91 Å². The van der Waals surface area contributed by atoms with E-state index < -0.39 is 6.61 Å². The van der Waals surface area contributed by atoms with Gasteiger partial charge in [-0.05, 0) is 42.7 Å². The molecule has 0 radical (unpaired) electrons. The molecule has 1 aromatic carbocycles. The highest BCUT2D eigenvalue weighted by Crippen LogP contribution is 2.43. The van der Waals surface area contributed by atoms with E-state index >= 15 is 0 Å². The second-order valence-corrected chi connectivity index (χ2v) is 6.65. The van der Waals surface area contributed by atoms with Crippen molar-refractivity contribution in [2.75, 3.05) is 13.7 Å². The van der Waals surface area contributed by atoms with Crippen LogP contribution in [-0.4, -0.2) is 31.2 Å². The second-order valence-electron chi connectivity index (χ2n) is 6.65. The Morgan fingerprint density at radius 3 is 2.52 bits per heavy atom. The van der Waals surface area contributed by atoms with Crippen LogP contribution in [0.5, 0.6) is 11.5 Å². The number of nitrogens with zero attached hydrogens (tertiary/aromatic N) is 1. The van der Waals surface area contributed by atoms with Crippen LogP contribution in [-0.2, 0) is 5.41 Å². The van der Waals surface area contributed by atoms with Crippen molar-refractivity contribution in [3.8, 4) is 11.5 Å². The van der Waals surface area contributed by atoms with Gasteiger partial charge in [-0.3, -0.25) is 9.78 Å². The summed E-state index contributed by atoms with van der Waals surface area (Å²) in [5.41, 5.74) is 1.25. The van der Waals surface area contributed by atoms with Crippen LogP contribution < -0.4 is 14.8 Å². The maximum absolute atomic E-state index is 12.6. The van der Waals surface area contributed by atoms with Crippen LogP contribution >= 0.6 is 0 Å². The number of rotatable bonds is 7. The molecule has 1 saturated carbocycles. The number of aromatic nitrogens is 1. The lowest BCUT2D eigenvalue weighted by molar-refractivity contribution is -0.0512. The first-order valence-corrected chi connectivity index (χ1v) is 8.86. The molecule has 1 heterocycles. The van der Waals surface area contributed by atoms with Crippen LogP contribution in [0.4, 0.5) is 8.78 Å². The molecule has 1 fully saturated rings. The van der Waals surface area contributed by atoms with E-state index in [2.05, 4.69) is 15.0 Å². The molecule has 7 heteroatoms. The number of pyridine rings is 1. The number of carbonyl (C=O) groups is 1. The summed E-state index contributed by atoms with van der Waals surface area (Å²) in [7, 11) is 1.42. The summed E-state index contributed by atoms with van der Waals surface area (Å²) in [6.45, 7) is -2.45. The number of halogens is 2. The van der Waals surface area contributed by atoms with E-state index in [9.17, 15) is 13.6 Å². The number of amides is 1. The summed E-state index contributed by atoms with van der Waals surface area (Å²) in [6.07, 6.45) is 7.05. The predicted octanol–water partition coefficient (Wildman–Crippen LogP) is 3.93. The SMILES string of the molecule is COc1cc(C2(CNC(=O)c3ccncc3)CCCC2)ccc1OC(F)F. The number of nitrogens with one attached hydrogen (secondary N) is 1. The molecule has 1 aromatic heterocycles. The summed E-state index contributed by atoms with van der Waals surface area (Å²) in [4.78, 5) is 16.3. The molecule has 0 bridgehead atoms. The molecule has 144 valence electrons. The first-order chi connectivity index (χ1) is 13.0. The van der Waals surface area contributed by atoms with Gasteiger partial charge in [-0.2, -0.15) is 8.78 Å². The standard InChI is InChI=1S/C20H22F2N2O3/c1-26-17-12-15(4-5-16(17)27-19(21)22)20(8-2-3-9-20)13-24-18(25)14-6-10-23-11-7-14/h4-7,10-12,19H,2-3,8-9,13H2,1H3,(H,24,25). The highest BCUT2D eigenvalue weighted by atomic mass is 19.3. The van der Waals surface area contributed by atoms with Gasteiger partial charge in [0.15, 0.2) is 11.5 Å². The molecule has 0 aliphatic heterocycles.